The summed E-state index contributed by atoms with van der Waals surface area (Å²) in [5.41, 5.74) is 1.01. The van der Waals surface area contributed by atoms with Crippen LogP contribution in [0.1, 0.15) is 46.1 Å². The van der Waals surface area contributed by atoms with Crippen LogP contribution in [0.3, 0.4) is 0 Å². The summed E-state index contributed by atoms with van der Waals surface area (Å²) >= 11 is 0. The van der Waals surface area contributed by atoms with E-state index >= 15 is 0 Å². The zero-order chi connectivity index (χ0) is 17.3. The van der Waals surface area contributed by atoms with Crippen LogP contribution in [-0.2, 0) is 15.0 Å². The van der Waals surface area contributed by atoms with E-state index in [0.29, 0.717) is 13.1 Å². The molecular weight excluding hydrogens is 292 g/mol. The number of para-hydroxylation sites is 1. The number of carbonyl (C=O) groups is 2. The van der Waals surface area contributed by atoms with Crippen LogP contribution < -0.4 is 15.4 Å². The monoisotopic (exact) mass is 320 g/mol. The highest BCUT2D eigenvalue weighted by Gasteiger charge is 2.18. The van der Waals surface area contributed by atoms with Crippen LogP contribution in [0.5, 0.6) is 5.75 Å². The van der Waals surface area contributed by atoms with Crippen molar-refractivity contribution in [1.82, 2.24) is 10.6 Å². The molecule has 5 nitrogen and oxygen atoms in total. The average molecular weight is 320 g/mol. The summed E-state index contributed by atoms with van der Waals surface area (Å²) in [5, 5.41) is 5.46. The van der Waals surface area contributed by atoms with Crippen molar-refractivity contribution in [2.45, 2.75) is 46.0 Å². The molecule has 2 N–H and O–H groups in total. The Morgan fingerprint density at radius 3 is 2.35 bits per heavy atom. The molecule has 0 saturated carbocycles. The number of nitrogens with one attached hydrogen (secondary N) is 2. The quantitative estimate of drug-likeness (QED) is 0.773. The maximum atomic E-state index is 11.8. The minimum Gasteiger partial charge on any atom is -0.483 e. The fourth-order valence-electron chi connectivity index (χ4n) is 2.07. The predicted octanol–water partition coefficient (Wildman–Crippen LogP) is 2.40. The third-order valence-electron chi connectivity index (χ3n) is 3.30. The highest BCUT2D eigenvalue weighted by molar-refractivity contribution is 5.79. The highest BCUT2D eigenvalue weighted by atomic mass is 16.5. The first-order valence-electron chi connectivity index (χ1n) is 8.10. The van der Waals surface area contributed by atoms with Crippen LogP contribution in [-0.4, -0.2) is 31.5 Å². The minimum atomic E-state index is -0.225. The highest BCUT2D eigenvalue weighted by Crippen LogP contribution is 2.30. The molecule has 0 aliphatic rings. The molecule has 0 heterocycles. The van der Waals surface area contributed by atoms with Gasteiger partial charge in [-0.3, -0.25) is 9.59 Å². The zero-order valence-corrected chi connectivity index (χ0v) is 14.6. The Kier molecular flexibility index (Phi) is 7.59. The van der Waals surface area contributed by atoms with E-state index < -0.39 is 0 Å². The topological polar surface area (TPSA) is 67.4 Å². The SMILES string of the molecule is CCCNC(=O)CCNC(=O)COc1ccccc1C(C)(C)C. The molecule has 0 unspecified atom stereocenters. The van der Waals surface area contributed by atoms with Gasteiger partial charge in [-0.15, -0.1) is 0 Å². The minimum absolute atomic E-state index is 0.0499. The average Bonchev–Trinajstić information content (AvgIpc) is 2.50. The Labute approximate surface area is 138 Å². The van der Waals surface area contributed by atoms with Crippen molar-refractivity contribution >= 4 is 11.8 Å². The molecule has 0 atom stereocenters. The van der Waals surface area contributed by atoms with Gasteiger partial charge in [0, 0.05) is 19.5 Å². The Morgan fingerprint density at radius 2 is 1.70 bits per heavy atom. The third-order valence-corrected chi connectivity index (χ3v) is 3.30. The van der Waals surface area contributed by atoms with E-state index in [4.69, 9.17) is 4.74 Å². The van der Waals surface area contributed by atoms with E-state index in [9.17, 15) is 9.59 Å². The smallest absolute Gasteiger partial charge is 0.257 e. The van der Waals surface area contributed by atoms with Crippen molar-refractivity contribution in [3.05, 3.63) is 29.8 Å². The first-order valence-corrected chi connectivity index (χ1v) is 8.10. The van der Waals surface area contributed by atoms with Gasteiger partial charge in [0.15, 0.2) is 6.61 Å². The number of hydrogen-bond acceptors (Lipinski definition) is 3. The van der Waals surface area contributed by atoms with E-state index in [1.165, 1.54) is 0 Å². The number of carbonyl (C=O) groups excluding carboxylic acids is 2. The summed E-state index contributed by atoms with van der Waals surface area (Å²) in [4.78, 5) is 23.2. The van der Waals surface area contributed by atoms with Gasteiger partial charge in [0.2, 0.25) is 5.91 Å². The second-order valence-corrected chi connectivity index (χ2v) is 6.48. The molecule has 0 aliphatic heterocycles. The van der Waals surface area contributed by atoms with E-state index in [2.05, 4.69) is 31.4 Å². The van der Waals surface area contributed by atoms with Crippen LogP contribution >= 0.6 is 0 Å². The molecule has 128 valence electrons. The summed E-state index contributed by atoms with van der Waals surface area (Å²) in [6.45, 7) is 9.23. The van der Waals surface area contributed by atoms with Crippen molar-refractivity contribution in [2.24, 2.45) is 0 Å². The van der Waals surface area contributed by atoms with Gasteiger partial charge in [-0.05, 0) is 23.5 Å². The molecule has 0 aliphatic carbocycles. The molecular formula is C18H28N2O3. The fourth-order valence-corrected chi connectivity index (χ4v) is 2.07. The van der Waals surface area contributed by atoms with Gasteiger partial charge in [-0.1, -0.05) is 45.9 Å². The Balaban J connectivity index is 2.38. The maximum Gasteiger partial charge on any atom is 0.257 e. The molecule has 0 saturated heterocycles. The lowest BCUT2D eigenvalue weighted by Gasteiger charge is -2.22. The number of rotatable bonds is 8. The zero-order valence-electron chi connectivity index (χ0n) is 14.6. The number of amides is 2. The Bertz CT molecular complexity index is 521. The van der Waals surface area contributed by atoms with Gasteiger partial charge in [0.05, 0.1) is 0 Å². The van der Waals surface area contributed by atoms with Crippen LogP contribution in [0, 0.1) is 0 Å². The molecule has 5 heteroatoms. The summed E-state index contributed by atoms with van der Waals surface area (Å²) in [6.07, 6.45) is 1.18. The maximum absolute atomic E-state index is 11.8. The largest absolute Gasteiger partial charge is 0.483 e. The van der Waals surface area contributed by atoms with Gasteiger partial charge < -0.3 is 15.4 Å². The molecule has 0 bridgehead atoms. The van der Waals surface area contributed by atoms with Crippen molar-refractivity contribution in [3.8, 4) is 5.75 Å². The van der Waals surface area contributed by atoms with Gasteiger partial charge >= 0.3 is 0 Å². The number of ether oxygens (including phenoxy) is 1. The van der Waals surface area contributed by atoms with Crippen molar-refractivity contribution in [3.63, 3.8) is 0 Å². The first-order chi connectivity index (χ1) is 10.8. The van der Waals surface area contributed by atoms with Crippen molar-refractivity contribution < 1.29 is 14.3 Å². The van der Waals surface area contributed by atoms with E-state index in [0.717, 1.165) is 17.7 Å². The third kappa shape index (κ3) is 7.17. The van der Waals surface area contributed by atoms with Crippen LogP contribution in [0.25, 0.3) is 0 Å². The van der Waals surface area contributed by atoms with E-state index in [1.54, 1.807) is 0 Å². The van der Waals surface area contributed by atoms with E-state index in [1.807, 2.05) is 31.2 Å². The summed E-state index contributed by atoms with van der Waals surface area (Å²) < 4.78 is 5.64. The Morgan fingerprint density at radius 1 is 1.04 bits per heavy atom. The van der Waals surface area contributed by atoms with Crippen LogP contribution in [0.2, 0.25) is 0 Å². The fraction of sp³-hybridized carbons (Fsp3) is 0.556. The van der Waals surface area contributed by atoms with E-state index in [-0.39, 0.29) is 30.3 Å². The molecule has 0 aromatic heterocycles. The molecule has 0 fully saturated rings. The molecule has 1 aromatic rings. The van der Waals surface area contributed by atoms with Crippen molar-refractivity contribution in [1.29, 1.82) is 0 Å². The lowest BCUT2D eigenvalue weighted by atomic mass is 9.86. The standard InChI is InChI=1S/C18H28N2O3/c1-5-11-19-16(21)10-12-20-17(22)13-23-15-9-7-6-8-14(15)18(2,3)4/h6-9H,5,10-13H2,1-4H3,(H,19,21)(H,20,22). The summed E-state index contributed by atoms with van der Waals surface area (Å²) in [7, 11) is 0. The predicted molar refractivity (Wildman–Crippen MR) is 91.6 cm³/mol. The number of benzene rings is 1. The molecule has 1 aromatic carbocycles. The normalized spacial score (nSPS) is 11.0. The number of hydrogen-bond donors (Lipinski definition) is 2. The van der Waals surface area contributed by atoms with Crippen LogP contribution in [0.15, 0.2) is 24.3 Å². The second-order valence-electron chi connectivity index (χ2n) is 6.48. The summed E-state index contributed by atoms with van der Waals surface area (Å²) in [5.74, 6) is 0.444. The van der Waals surface area contributed by atoms with Gasteiger partial charge in [-0.2, -0.15) is 0 Å². The lowest BCUT2D eigenvalue weighted by Crippen LogP contribution is -2.33. The van der Waals surface area contributed by atoms with Gasteiger partial charge in [0.25, 0.3) is 5.91 Å². The lowest BCUT2D eigenvalue weighted by molar-refractivity contribution is -0.123. The molecule has 0 radical (unpaired) electrons. The first kappa shape index (κ1) is 19.0. The van der Waals surface area contributed by atoms with Gasteiger partial charge in [-0.25, -0.2) is 0 Å². The molecule has 0 spiro atoms. The Hall–Kier alpha value is -2.04. The summed E-state index contributed by atoms with van der Waals surface area (Å²) in [6, 6.07) is 7.72. The molecule has 2 amide bonds. The van der Waals surface area contributed by atoms with Gasteiger partial charge in [0.1, 0.15) is 5.75 Å². The molecule has 23 heavy (non-hydrogen) atoms. The van der Waals surface area contributed by atoms with Crippen molar-refractivity contribution in [2.75, 3.05) is 19.7 Å². The second kappa shape index (κ2) is 9.18. The van der Waals surface area contributed by atoms with Crippen LogP contribution in [0.4, 0.5) is 0 Å². The molecule has 1 rings (SSSR count).